The van der Waals surface area contributed by atoms with Gasteiger partial charge in [-0.1, -0.05) is 6.92 Å². The van der Waals surface area contributed by atoms with Crippen molar-refractivity contribution in [3.63, 3.8) is 0 Å². The maximum Gasteiger partial charge on any atom is 0.307 e. The second-order valence-corrected chi connectivity index (χ2v) is 6.07. The Morgan fingerprint density at radius 2 is 1.76 bits per heavy atom. The van der Waals surface area contributed by atoms with Gasteiger partial charge in [-0.2, -0.15) is 0 Å². The topological polar surface area (TPSA) is 86.6 Å². The Labute approximate surface area is 124 Å². The molecule has 0 spiro atoms. The fourth-order valence-electron chi connectivity index (χ4n) is 3.02. The number of carboxylic acid groups (broad SMARTS) is 1. The number of hydrogen-bond donors (Lipinski definition) is 3. The van der Waals surface area contributed by atoms with Crippen molar-refractivity contribution in [3.8, 4) is 5.75 Å². The molecule has 0 saturated heterocycles. The molecule has 0 aromatic heterocycles. The Bertz CT molecular complexity index is 582. The van der Waals surface area contributed by atoms with Gasteiger partial charge in [-0.3, -0.25) is 9.59 Å². The normalized spacial score (nSPS) is 24.8. The zero-order valence-corrected chi connectivity index (χ0v) is 12.5. The van der Waals surface area contributed by atoms with E-state index in [1.807, 2.05) is 6.92 Å². The molecule has 1 aliphatic rings. The lowest BCUT2D eigenvalue weighted by atomic mass is 9.95. The maximum atomic E-state index is 12.4. The Kier molecular flexibility index (Phi) is 4.21. The smallest absolute Gasteiger partial charge is 0.307 e. The number of hydrogen-bond acceptors (Lipinski definition) is 3. The van der Waals surface area contributed by atoms with Gasteiger partial charge in [0, 0.05) is 5.69 Å². The van der Waals surface area contributed by atoms with Crippen LogP contribution in [0.3, 0.4) is 0 Å². The molecule has 0 aliphatic heterocycles. The van der Waals surface area contributed by atoms with Crippen LogP contribution in [0.1, 0.15) is 30.9 Å². The van der Waals surface area contributed by atoms with Gasteiger partial charge >= 0.3 is 5.97 Å². The molecule has 0 heterocycles. The molecule has 0 radical (unpaired) electrons. The monoisotopic (exact) mass is 291 g/mol. The van der Waals surface area contributed by atoms with Gasteiger partial charge in [0.15, 0.2) is 0 Å². The third-order valence-electron chi connectivity index (χ3n) is 4.25. The minimum absolute atomic E-state index is 0.184. The summed E-state index contributed by atoms with van der Waals surface area (Å²) in [7, 11) is 0. The predicted molar refractivity (Wildman–Crippen MR) is 79.2 cm³/mol. The average molecular weight is 291 g/mol. The van der Waals surface area contributed by atoms with E-state index >= 15 is 0 Å². The summed E-state index contributed by atoms with van der Waals surface area (Å²) in [5, 5.41) is 21.7. The van der Waals surface area contributed by atoms with Crippen LogP contribution < -0.4 is 5.32 Å². The van der Waals surface area contributed by atoms with Crippen molar-refractivity contribution in [1.82, 2.24) is 0 Å². The Hall–Kier alpha value is -2.04. The molecular formula is C16H21NO4. The molecule has 3 atom stereocenters. The van der Waals surface area contributed by atoms with Crippen molar-refractivity contribution in [1.29, 1.82) is 0 Å². The summed E-state index contributed by atoms with van der Waals surface area (Å²) in [4.78, 5) is 23.7. The van der Waals surface area contributed by atoms with Crippen LogP contribution in [0.2, 0.25) is 0 Å². The highest BCUT2D eigenvalue weighted by Crippen LogP contribution is 2.37. The van der Waals surface area contributed by atoms with Gasteiger partial charge in [0.1, 0.15) is 5.75 Å². The highest BCUT2D eigenvalue weighted by Gasteiger charge is 2.41. The summed E-state index contributed by atoms with van der Waals surface area (Å²) >= 11 is 0. The van der Waals surface area contributed by atoms with Crippen molar-refractivity contribution in [2.45, 2.75) is 33.6 Å². The molecule has 1 aromatic rings. The number of carbonyl (C=O) groups excluding carboxylic acids is 1. The van der Waals surface area contributed by atoms with Crippen LogP contribution in [0, 0.1) is 31.6 Å². The molecule has 1 amide bonds. The summed E-state index contributed by atoms with van der Waals surface area (Å²) < 4.78 is 0. The number of phenolic OH excluding ortho intramolecular Hbond substituents is 1. The van der Waals surface area contributed by atoms with E-state index in [4.69, 9.17) is 0 Å². The van der Waals surface area contributed by atoms with E-state index in [-0.39, 0.29) is 17.6 Å². The first-order valence-corrected chi connectivity index (χ1v) is 7.13. The van der Waals surface area contributed by atoms with Crippen molar-refractivity contribution in [2.24, 2.45) is 17.8 Å². The minimum Gasteiger partial charge on any atom is -0.508 e. The van der Waals surface area contributed by atoms with Gasteiger partial charge in [0.2, 0.25) is 5.91 Å². The number of aromatic hydroxyl groups is 1. The largest absolute Gasteiger partial charge is 0.508 e. The summed E-state index contributed by atoms with van der Waals surface area (Å²) in [5.74, 6) is -1.84. The molecule has 5 nitrogen and oxygen atoms in total. The van der Waals surface area contributed by atoms with E-state index in [0.717, 1.165) is 5.56 Å². The number of amides is 1. The SMILES string of the molecule is Cc1cc(NC(=O)[C@H]2CC(C)C[C@H]2C(=O)O)c(C)cc1O. The summed E-state index contributed by atoms with van der Waals surface area (Å²) in [5.41, 5.74) is 2.05. The Morgan fingerprint density at radius 3 is 2.38 bits per heavy atom. The molecule has 3 N–H and O–H groups in total. The lowest BCUT2D eigenvalue weighted by Crippen LogP contribution is -2.30. The maximum absolute atomic E-state index is 12.4. The number of rotatable bonds is 3. The molecule has 1 saturated carbocycles. The first-order chi connectivity index (χ1) is 9.79. The van der Waals surface area contributed by atoms with Crippen molar-refractivity contribution in [3.05, 3.63) is 23.3 Å². The Morgan fingerprint density at radius 1 is 1.14 bits per heavy atom. The lowest BCUT2D eigenvalue weighted by molar-refractivity contribution is -0.145. The van der Waals surface area contributed by atoms with Gasteiger partial charge in [-0.15, -0.1) is 0 Å². The summed E-state index contributed by atoms with van der Waals surface area (Å²) in [6.45, 7) is 5.52. The van der Waals surface area contributed by atoms with Crippen LogP contribution in [-0.2, 0) is 9.59 Å². The van der Waals surface area contributed by atoms with E-state index in [0.29, 0.717) is 24.1 Å². The second kappa shape index (κ2) is 5.76. The van der Waals surface area contributed by atoms with E-state index in [1.54, 1.807) is 26.0 Å². The fraction of sp³-hybridized carbons (Fsp3) is 0.500. The first-order valence-electron chi connectivity index (χ1n) is 7.13. The van der Waals surface area contributed by atoms with Crippen LogP contribution >= 0.6 is 0 Å². The first kappa shape index (κ1) is 15.4. The van der Waals surface area contributed by atoms with Crippen molar-refractivity contribution < 1.29 is 19.8 Å². The highest BCUT2D eigenvalue weighted by atomic mass is 16.4. The molecule has 114 valence electrons. The van der Waals surface area contributed by atoms with E-state index < -0.39 is 17.8 Å². The third kappa shape index (κ3) is 3.17. The van der Waals surface area contributed by atoms with Gasteiger partial charge in [0.05, 0.1) is 11.8 Å². The van der Waals surface area contributed by atoms with Crippen molar-refractivity contribution >= 4 is 17.6 Å². The van der Waals surface area contributed by atoms with E-state index in [2.05, 4.69) is 5.32 Å². The number of aliphatic carboxylic acids is 1. The molecule has 1 unspecified atom stereocenters. The van der Waals surface area contributed by atoms with Gasteiger partial charge in [-0.25, -0.2) is 0 Å². The van der Waals surface area contributed by atoms with Gasteiger partial charge in [-0.05, 0) is 55.9 Å². The molecule has 1 aromatic carbocycles. The number of aryl methyl sites for hydroxylation is 2. The van der Waals surface area contributed by atoms with Crippen LogP contribution in [0.15, 0.2) is 12.1 Å². The van der Waals surface area contributed by atoms with Crippen LogP contribution in [0.25, 0.3) is 0 Å². The number of phenols is 1. The van der Waals surface area contributed by atoms with E-state index in [1.165, 1.54) is 0 Å². The highest BCUT2D eigenvalue weighted by molar-refractivity contribution is 5.96. The molecule has 0 bridgehead atoms. The van der Waals surface area contributed by atoms with Crippen LogP contribution in [0.4, 0.5) is 5.69 Å². The number of carbonyl (C=O) groups is 2. The molecule has 1 aliphatic carbocycles. The molecular weight excluding hydrogens is 270 g/mol. The molecule has 1 fully saturated rings. The number of carboxylic acids is 1. The number of nitrogens with one attached hydrogen (secondary N) is 1. The predicted octanol–water partition coefficient (Wildman–Crippen LogP) is 2.69. The number of anilines is 1. The minimum atomic E-state index is -0.905. The number of benzene rings is 1. The van der Waals surface area contributed by atoms with Gasteiger partial charge in [0.25, 0.3) is 0 Å². The second-order valence-electron chi connectivity index (χ2n) is 6.07. The fourth-order valence-corrected chi connectivity index (χ4v) is 3.02. The van der Waals surface area contributed by atoms with Gasteiger partial charge < -0.3 is 15.5 Å². The van der Waals surface area contributed by atoms with Crippen LogP contribution in [0.5, 0.6) is 5.75 Å². The summed E-state index contributed by atoms with van der Waals surface area (Å²) in [6, 6.07) is 3.30. The third-order valence-corrected chi connectivity index (χ3v) is 4.25. The lowest BCUT2D eigenvalue weighted by Gasteiger charge is -2.17. The quantitative estimate of drug-likeness (QED) is 0.747. The Balaban J connectivity index is 2.18. The zero-order chi connectivity index (χ0) is 15.7. The summed E-state index contributed by atoms with van der Waals surface area (Å²) in [6.07, 6.45) is 1.14. The van der Waals surface area contributed by atoms with E-state index in [9.17, 15) is 19.8 Å². The molecule has 2 rings (SSSR count). The van der Waals surface area contributed by atoms with Crippen LogP contribution in [-0.4, -0.2) is 22.1 Å². The van der Waals surface area contributed by atoms with Crippen molar-refractivity contribution in [2.75, 3.05) is 5.32 Å². The average Bonchev–Trinajstić information content (AvgIpc) is 2.78. The molecule has 21 heavy (non-hydrogen) atoms. The standard InChI is InChI=1S/C16H21NO4/c1-8-4-11(12(5-8)16(20)21)15(19)17-13-6-10(3)14(18)7-9(13)2/h6-8,11-12,18H,4-5H2,1-3H3,(H,17,19)(H,20,21)/t8?,11-,12+/m0/s1. The molecule has 5 heteroatoms. The zero-order valence-electron chi connectivity index (χ0n) is 12.5.